The maximum absolute atomic E-state index is 2.40. The average molecular weight is 435 g/mol. The van der Waals surface area contributed by atoms with Crippen LogP contribution in [0.25, 0.3) is 54.6 Å². The third-order valence-corrected chi connectivity index (χ3v) is 7.44. The van der Waals surface area contributed by atoms with Gasteiger partial charge in [0, 0.05) is 0 Å². The van der Waals surface area contributed by atoms with E-state index >= 15 is 0 Å². The van der Waals surface area contributed by atoms with E-state index in [1.807, 2.05) is 0 Å². The zero-order valence-corrected chi connectivity index (χ0v) is 19.4. The van der Waals surface area contributed by atoms with Gasteiger partial charge in [0.2, 0.25) is 0 Å². The topological polar surface area (TPSA) is 0 Å². The van der Waals surface area contributed by atoms with E-state index in [-0.39, 0.29) is 0 Å². The van der Waals surface area contributed by atoms with Crippen molar-refractivity contribution in [3.8, 4) is 22.3 Å². The molecular weight excluding hydrogens is 408 g/mol. The van der Waals surface area contributed by atoms with Crippen molar-refractivity contribution in [2.75, 3.05) is 0 Å². The van der Waals surface area contributed by atoms with Gasteiger partial charge in [-0.15, -0.1) is 0 Å². The highest BCUT2D eigenvalue weighted by atomic mass is 14.3. The molecule has 0 heteroatoms. The largest absolute Gasteiger partial charge is 0.0616 e. The summed E-state index contributed by atoms with van der Waals surface area (Å²) in [7, 11) is 0. The second-order valence-electron chi connectivity index (χ2n) is 9.81. The molecule has 7 rings (SSSR count). The molecule has 0 amide bonds. The highest BCUT2D eigenvalue weighted by molar-refractivity contribution is 6.21. The molecule has 1 fully saturated rings. The Hall–Kier alpha value is -3.90. The fourth-order valence-corrected chi connectivity index (χ4v) is 5.64. The summed E-state index contributed by atoms with van der Waals surface area (Å²) in [6.45, 7) is 2.17. The lowest BCUT2D eigenvalue weighted by molar-refractivity contribution is 1.14. The fraction of sp³-hybridized carbons (Fsp3) is 0.118. The van der Waals surface area contributed by atoms with Gasteiger partial charge in [-0.3, -0.25) is 0 Å². The SMILES string of the molecule is Cc1cccc(-c2c3ccccc3c(-c3ccc4cc(C5CC5)ccc4c3)c3ccccc23)c1. The molecule has 0 atom stereocenters. The average Bonchev–Trinajstić information content (AvgIpc) is 3.72. The zero-order valence-electron chi connectivity index (χ0n) is 19.4. The lowest BCUT2D eigenvalue weighted by Crippen LogP contribution is -1.91. The molecule has 0 radical (unpaired) electrons. The molecule has 1 aliphatic rings. The summed E-state index contributed by atoms with van der Waals surface area (Å²) in [4.78, 5) is 0. The number of rotatable bonds is 3. The second kappa shape index (κ2) is 7.57. The van der Waals surface area contributed by atoms with Gasteiger partial charge in [0.25, 0.3) is 0 Å². The summed E-state index contributed by atoms with van der Waals surface area (Å²) in [6, 6.07) is 40.8. The molecule has 34 heavy (non-hydrogen) atoms. The predicted octanol–water partition coefficient (Wildman–Crippen LogP) is 9.67. The third kappa shape index (κ3) is 3.14. The van der Waals surface area contributed by atoms with E-state index in [1.54, 1.807) is 0 Å². The lowest BCUT2D eigenvalue weighted by atomic mass is 9.85. The van der Waals surface area contributed by atoms with Gasteiger partial charge in [0.05, 0.1) is 0 Å². The van der Waals surface area contributed by atoms with Crippen molar-refractivity contribution in [2.24, 2.45) is 0 Å². The monoisotopic (exact) mass is 434 g/mol. The van der Waals surface area contributed by atoms with Gasteiger partial charge in [0.15, 0.2) is 0 Å². The van der Waals surface area contributed by atoms with Crippen LogP contribution in [0.3, 0.4) is 0 Å². The van der Waals surface area contributed by atoms with E-state index < -0.39 is 0 Å². The summed E-state index contributed by atoms with van der Waals surface area (Å²) < 4.78 is 0. The van der Waals surface area contributed by atoms with Crippen molar-refractivity contribution < 1.29 is 0 Å². The molecule has 162 valence electrons. The molecule has 0 saturated heterocycles. The molecule has 0 aliphatic heterocycles. The minimum atomic E-state index is 0.783. The van der Waals surface area contributed by atoms with E-state index in [4.69, 9.17) is 0 Å². The van der Waals surface area contributed by atoms with E-state index in [1.165, 1.54) is 78.5 Å². The normalized spacial score (nSPS) is 13.7. The van der Waals surface area contributed by atoms with E-state index in [0.29, 0.717) is 0 Å². The molecule has 0 N–H and O–H groups in total. The van der Waals surface area contributed by atoms with Crippen molar-refractivity contribution in [3.05, 3.63) is 120 Å². The van der Waals surface area contributed by atoms with Crippen LogP contribution in [0, 0.1) is 6.92 Å². The second-order valence-corrected chi connectivity index (χ2v) is 9.81. The first-order valence-electron chi connectivity index (χ1n) is 12.3. The van der Waals surface area contributed by atoms with Gasteiger partial charge >= 0.3 is 0 Å². The number of fused-ring (bicyclic) bond motifs is 3. The maximum atomic E-state index is 2.40. The standard InChI is InChI=1S/C34H26/c1-22-7-6-8-27(19-22)33-29-9-2-4-11-31(29)34(32-12-5-3-10-30(32)33)28-18-17-25-20-24(23-13-14-23)15-16-26(25)21-28/h2-12,15-21,23H,13-14H2,1H3. The van der Waals surface area contributed by atoms with Crippen molar-refractivity contribution in [3.63, 3.8) is 0 Å². The third-order valence-electron chi connectivity index (χ3n) is 7.44. The van der Waals surface area contributed by atoms with Gasteiger partial charge in [-0.2, -0.15) is 0 Å². The predicted molar refractivity (Wildman–Crippen MR) is 147 cm³/mol. The maximum Gasteiger partial charge on any atom is -0.00262 e. The van der Waals surface area contributed by atoms with Crippen molar-refractivity contribution in [1.29, 1.82) is 0 Å². The summed E-state index contributed by atoms with van der Waals surface area (Å²) in [5, 5.41) is 7.91. The molecule has 0 heterocycles. The Labute approximate surface area is 200 Å². The van der Waals surface area contributed by atoms with Gasteiger partial charge < -0.3 is 0 Å². The van der Waals surface area contributed by atoms with Crippen LogP contribution in [0.15, 0.2) is 109 Å². The van der Waals surface area contributed by atoms with E-state index in [2.05, 4.69) is 116 Å². The van der Waals surface area contributed by atoms with Gasteiger partial charge in [0.1, 0.15) is 0 Å². The first-order chi connectivity index (χ1) is 16.8. The minimum Gasteiger partial charge on any atom is -0.0616 e. The molecular formula is C34H26. The van der Waals surface area contributed by atoms with Crippen LogP contribution in [-0.2, 0) is 0 Å². The van der Waals surface area contributed by atoms with E-state index in [0.717, 1.165) is 5.92 Å². The summed E-state index contributed by atoms with van der Waals surface area (Å²) >= 11 is 0. The Balaban J connectivity index is 1.54. The highest BCUT2D eigenvalue weighted by Crippen LogP contribution is 2.45. The zero-order chi connectivity index (χ0) is 22.6. The Kier molecular flexibility index (Phi) is 4.35. The Morgan fingerprint density at radius 1 is 0.500 bits per heavy atom. The Morgan fingerprint density at radius 3 is 1.65 bits per heavy atom. The number of aryl methyl sites for hydroxylation is 1. The first kappa shape index (κ1) is 19.6. The summed E-state index contributed by atoms with van der Waals surface area (Å²) in [5.74, 6) is 0.783. The molecule has 0 aromatic heterocycles. The summed E-state index contributed by atoms with van der Waals surface area (Å²) in [6.07, 6.45) is 2.68. The van der Waals surface area contributed by atoms with Crippen LogP contribution in [0.5, 0.6) is 0 Å². The molecule has 6 aromatic carbocycles. The molecule has 0 unspecified atom stereocenters. The van der Waals surface area contributed by atoms with Gasteiger partial charge in [-0.1, -0.05) is 109 Å². The van der Waals surface area contributed by atoms with Crippen LogP contribution in [0.4, 0.5) is 0 Å². The lowest BCUT2D eigenvalue weighted by Gasteiger charge is -2.18. The van der Waals surface area contributed by atoms with Crippen LogP contribution in [0.2, 0.25) is 0 Å². The number of hydrogen-bond donors (Lipinski definition) is 0. The van der Waals surface area contributed by atoms with E-state index in [9.17, 15) is 0 Å². The Bertz CT molecular complexity index is 1660. The van der Waals surface area contributed by atoms with Crippen LogP contribution >= 0.6 is 0 Å². The van der Waals surface area contributed by atoms with Crippen molar-refractivity contribution >= 4 is 32.3 Å². The number of hydrogen-bond acceptors (Lipinski definition) is 0. The smallest absolute Gasteiger partial charge is 0.00262 e. The van der Waals surface area contributed by atoms with Crippen LogP contribution < -0.4 is 0 Å². The molecule has 0 nitrogen and oxygen atoms in total. The number of benzene rings is 6. The molecule has 0 spiro atoms. The molecule has 0 bridgehead atoms. The van der Waals surface area contributed by atoms with Gasteiger partial charge in [-0.05, 0) is 91.9 Å². The van der Waals surface area contributed by atoms with Gasteiger partial charge in [-0.25, -0.2) is 0 Å². The van der Waals surface area contributed by atoms with Crippen molar-refractivity contribution in [2.45, 2.75) is 25.7 Å². The quantitative estimate of drug-likeness (QED) is 0.243. The summed E-state index contributed by atoms with van der Waals surface area (Å²) in [5.41, 5.74) is 8.01. The van der Waals surface area contributed by atoms with Crippen molar-refractivity contribution in [1.82, 2.24) is 0 Å². The molecule has 6 aromatic rings. The Morgan fingerprint density at radius 2 is 1.06 bits per heavy atom. The van der Waals surface area contributed by atoms with Crippen LogP contribution in [-0.4, -0.2) is 0 Å². The highest BCUT2D eigenvalue weighted by Gasteiger charge is 2.23. The molecule has 1 aliphatic carbocycles. The van der Waals surface area contributed by atoms with Crippen LogP contribution in [0.1, 0.15) is 29.9 Å². The fourth-order valence-electron chi connectivity index (χ4n) is 5.64. The first-order valence-corrected chi connectivity index (χ1v) is 12.3. The molecule has 1 saturated carbocycles. The minimum absolute atomic E-state index is 0.783.